The van der Waals surface area contributed by atoms with Crippen LogP contribution < -0.4 is 5.32 Å². The maximum absolute atomic E-state index is 13.4. The lowest BCUT2D eigenvalue weighted by Crippen LogP contribution is -2.69. The van der Waals surface area contributed by atoms with Crippen molar-refractivity contribution in [2.45, 2.75) is 44.7 Å². The van der Waals surface area contributed by atoms with Crippen molar-refractivity contribution >= 4 is 17.2 Å². The van der Waals surface area contributed by atoms with Crippen LogP contribution in [0.1, 0.15) is 36.5 Å². The van der Waals surface area contributed by atoms with E-state index < -0.39 is 5.54 Å². The van der Waals surface area contributed by atoms with Crippen molar-refractivity contribution in [3.63, 3.8) is 0 Å². The molecule has 2 aliphatic heterocycles. The number of amides is 2. The van der Waals surface area contributed by atoms with E-state index >= 15 is 0 Å². The molecule has 1 saturated carbocycles. The van der Waals surface area contributed by atoms with Crippen LogP contribution in [0.5, 0.6) is 0 Å². The number of benzene rings is 1. The van der Waals surface area contributed by atoms with Crippen molar-refractivity contribution in [2.24, 2.45) is 0 Å². The number of piperidine rings is 1. The van der Waals surface area contributed by atoms with Gasteiger partial charge in [-0.3, -0.25) is 0 Å². The summed E-state index contributed by atoms with van der Waals surface area (Å²) in [5.74, 6) is 1.63. The minimum Gasteiger partial charge on any atom is -0.337 e. The van der Waals surface area contributed by atoms with Gasteiger partial charge in [0.15, 0.2) is 11.6 Å². The van der Waals surface area contributed by atoms with Gasteiger partial charge in [-0.25, -0.2) is 14.3 Å². The zero-order valence-electron chi connectivity index (χ0n) is 18.4. The number of rotatable bonds is 3. The van der Waals surface area contributed by atoms with Crippen molar-refractivity contribution in [1.29, 1.82) is 0 Å². The van der Waals surface area contributed by atoms with Crippen LogP contribution in [0.15, 0.2) is 59.4 Å². The summed E-state index contributed by atoms with van der Waals surface area (Å²) in [4.78, 5) is 24.2. The van der Waals surface area contributed by atoms with Gasteiger partial charge < -0.3 is 14.7 Å². The molecule has 0 unspecified atom stereocenters. The van der Waals surface area contributed by atoms with Gasteiger partial charge in [-0.15, -0.1) is 5.10 Å². The minimum atomic E-state index is -0.624. The molecule has 166 valence electrons. The zero-order valence-corrected chi connectivity index (χ0v) is 18.4. The molecule has 7 rings (SSSR count). The van der Waals surface area contributed by atoms with Gasteiger partial charge in [0.2, 0.25) is 0 Å². The van der Waals surface area contributed by atoms with Crippen LogP contribution in [0.2, 0.25) is 0 Å². The number of hydrogen-bond acceptors (Lipinski definition) is 6. The summed E-state index contributed by atoms with van der Waals surface area (Å²) in [6, 6.07) is 9.53. The molecule has 2 saturated heterocycles. The van der Waals surface area contributed by atoms with E-state index in [0.29, 0.717) is 29.6 Å². The number of fused-ring (bicyclic) bond motifs is 3. The first-order chi connectivity index (χ1) is 15.9. The lowest BCUT2D eigenvalue weighted by molar-refractivity contribution is -0.0739. The highest BCUT2D eigenvalue weighted by atomic mass is 16.5. The summed E-state index contributed by atoms with van der Waals surface area (Å²) in [5.41, 5.74) is 3.96. The molecule has 0 spiro atoms. The van der Waals surface area contributed by atoms with E-state index in [9.17, 15) is 4.79 Å². The highest BCUT2D eigenvalue weighted by Gasteiger charge is 2.61. The Bertz CT molecular complexity index is 1420. The molecule has 1 aromatic carbocycles. The summed E-state index contributed by atoms with van der Waals surface area (Å²) in [7, 11) is 0. The average Bonchev–Trinajstić information content (AvgIpc) is 3.43. The Kier molecular flexibility index (Phi) is 4.17. The fraction of sp³-hybridized carbons (Fsp3) is 0.292. The topological polar surface area (TPSA) is 101 Å². The third kappa shape index (κ3) is 3.03. The number of aromatic nitrogens is 5. The summed E-state index contributed by atoms with van der Waals surface area (Å²) in [6.07, 6.45) is 5.88. The van der Waals surface area contributed by atoms with Crippen LogP contribution in [-0.4, -0.2) is 41.7 Å². The molecule has 4 aromatic rings. The molecule has 2 bridgehead atoms. The van der Waals surface area contributed by atoms with E-state index in [4.69, 9.17) is 4.52 Å². The fourth-order valence-electron chi connectivity index (χ4n) is 5.15. The van der Waals surface area contributed by atoms with Gasteiger partial charge in [0.05, 0.1) is 11.7 Å². The van der Waals surface area contributed by atoms with Crippen molar-refractivity contribution < 1.29 is 9.32 Å². The van der Waals surface area contributed by atoms with Crippen LogP contribution in [0, 0.1) is 13.8 Å². The zero-order chi connectivity index (χ0) is 22.7. The predicted octanol–water partition coefficient (Wildman–Crippen LogP) is 4.25. The van der Waals surface area contributed by atoms with Gasteiger partial charge in [0, 0.05) is 36.3 Å². The van der Waals surface area contributed by atoms with Crippen LogP contribution in [0.25, 0.3) is 16.9 Å². The second kappa shape index (κ2) is 6.99. The third-order valence-corrected chi connectivity index (χ3v) is 6.62. The van der Waals surface area contributed by atoms with E-state index in [0.717, 1.165) is 35.1 Å². The number of anilines is 1. The Morgan fingerprint density at radius 1 is 1.30 bits per heavy atom. The maximum atomic E-state index is 13.4. The van der Waals surface area contributed by atoms with Crippen molar-refractivity contribution in [3.05, 3.63) is 72.2 Å². The lowest BCUT2D eigenvalue weighted by Gasteiger charge is -2.60. The number of aryl methyl sites for hydroxylation is 2. The number of urea groups is 1. The van der Waals surface area contributed by atoms with Crippen LogP contribution in [-0.2, 0) is 5.54 Å². The second-order valence-electron chi connectivity index (χ2n) is 8.96. The second-order valence-corrected chi connectivity index (χ2v) is 8.96. The van der Waals surface area contributed by atoms with E-state index in [1.54, 1.807) is 17.6 Å². The van der Waals surface area contributed by atoms with Gasteiger partial charge in [-0.1, -0.05) is 23.4 Å². The smallest absolute Gasteiger partial charge is 0.323 e. The quantitative estimate of drug-likeness (QED) is 0.477. The Hall–Kier alpha value is -4.01. The molecule has 1 N–H and O–H groups in total. The maximum Gasteiger partial charge on any atom is 0.323 e. The molecular weight excluding hydrogens is 418 g/mol. The monoisotopic (exact) mass is 441 g/mol. The number of nitrogens with zero attached hydrogens (tertiary/aromatic N) is 6. The molecule has 3 aromatic heterocycles. The molecule has 3 aliphatic rings. The fourth-order valence-corrected chi connectivity index (χ4v) is 5.15. The molecule has 9 heteroatoms. The summed E-state index contributed by atoms with van der Waals surface area (Å²) in [6.45, 7) is 7.94. The Morgan fingerprint density at radius 3 is 3.00 bits per heavy atom. The molecule has 9 nitrogen and oxygen atoms in total. The Morgan fingerprint density at radius 2 is 2.18 bits per heavy atom. The number of nitrogens with one attached hydrogen (secondary N) is 1. The molecule has 5 heterocycles. The first kappa shape index (κ1) is 19.7. The molecule has 33 heavy (non-hydrogen) atoms. The molecule has 0 radical (unpaired) electrons. The summed E-state index contributed by atoms with van der Waals surface area (Å²) in [5, 5.41) is 11.6. The van der Waals surface area contributed by atoms with Crippen LogP contribution in [0.4, 0.5) is 10.5 Å². The summed E-state index contributed by atoms with van der Waals surface area (Å²) < 4.78 is 7.29. The average molecular weight is 441 g/mol. The minimum absolute atomic E-state index is 0.0721. The van der Waals surface area contributed by atoms with Gasteiger partial charge in [0.1, 0.15) is 5.54 Å². The molecule has 2 amide bonds. The molecule has 3 fully saturated rings. The number of carbonyl (C=O) groups excluding carboxylic acids is 1. The first-order valence-corrected chi connectivity index (χ1v) is 10.9. The third-order valence-electron chi connectivity index (χ3n) is 6.62. The molecule has 1 aliphatic carbocycles. The van der Waals surface area contributed by atoms with Crippen molar-refractivity contribution in [1.82, 2.24) is 29.6 Å². The van der Waals surface area contributed by atoms with E-state index in [-0.39, 0.29) is 12.1 Å². The Balaban J connectivity index is 1.30. The predicted molar refractivity (Wildman–Crippen MR) is 122 cm³/mol. The standard InChI is InChI=1S/C24H23N7O2/c1-14-9-19-12-24(11-14,22-26-16(3)29-33-22)31(19)23(32)27-17-7-6-15(2)20(10-17)21-25-13-18-5-4-8-30(18)28-21/h4-8,10,13,19H,1,9,11-12H2,2-3H3,(H,27,32)/t19-,24+/m1/s1. The van der Waals surface area contributed by atoms with E-state index in [2.05, 4.69) is 32.1 Å². The molecule has 2 atom stereocenters. The van der Waals surface area contributed by atoms with Gasteiger partial charge >= 0.3 is 6.03 Å². The van der Waals surface area contributed by atoms with Gasteiger partial charge in [-0.2, -0.15) is 4.98 Å². The first-order valence-electron chi connectivity index (χ1n) is 10.9. The number of hydrogen-bond donors (Lipinski definition) is 1. The van der Waals surface area contributed by atoms with Gasteiger partial charge in [0.25, 0.3) is 5.89 Å². The van der Waals surface area contributed by atoms with Gasteiger partial charge in [-0.05, 0) is 50.1 Å². The van der Waals surface area contributed by atoms with E-state index in [1.165, 1.54) is 0 Å². The SMILES string of the molecule is C=C1C[C@@H]2C[C@](c3nc(C)no3)(C1)N2C(=O)Nc1ccc(C)c(-c2ncc3cccn3n2)c1. The number of carbonyl (C=O) groups is 1. The Labute approximate surface area is 190 Å². The highest BCUT2D eigenvalue weighted by Crippen LogP contribution is 2.55. The molecular formula is C24H23N7O2. The van der Waals surface area contributed by atoms with Crippen molar-refractivity contribution in [3.8, 4) is 11.4 Å². The van der Waals surface area contributed by atoms with Crippen LogP contribution >= 0.6 is 0 Å². The summed E-state index contributed by atoms with van der Waals surface area (Å²) >= 11 is 0. The largest absolute Gasteiger partial charge is 0.337 e. The van der Waals surface area contributed by atoms with Crippen molar-refractivity contribution in [2.75, 3.05) is 5.32 Å². The lowest BCUT2D eigenvalue weighted by atomic mass is 9.66. The van der Waals surface area contributed by atoms with Crippen LogP contribution in [0.3, 0.4) is 0 Å². The normalized spacial score (nSPS) is 21.8. The highest BCUT2D eigenvalue weighted by molar-refractivity contribution is 5.92. The van der Waals surface area contributed by atoms with E-state index in [1.807, 2.05) is 48.4 Å².